The first-order chi connectivity index (χ1) is 9.83. The number of aromatic nitrogens is 1. The average molecular weight is 269 g/mol. The van der Waals surface area contributed by atoms with Gasteiger partial charge in [0.2, 0.25) is 0 Å². The minimum Gasteiger partial charge on any atom is -0.394 e. The molecule has 2 aromatic rings. The molecule has 5 nitrogen and oxygen atoms in total. The summed E-state index contributed by atoms with van der Waals surface area (Å²) in [7, 11) is 0. The number of morpholine rings is 1. The molecule has 5 heteroatoms. The molecule has 0 unspecified atom stereocenters. The van der Waals surface area contributed by atoms with Crippen molar-refractivity contribution in [3.05, 3.63) is 36.0 Å². The maximum Gasteiger partial charge on any atom is 0.101 e. The molecule has 1 aromatic carbocycles. The van der Waals surface area contributed by atoms with Gasteiger partial charge in [-0.15, -0.1) is 0 Å². The Morgan fingerprint density at radius 3 is 3.15 bits per heavy atom. The van der Waals surface area contributed by atoms with Crippen molar-refractivity contribution in [3.8, 4) is 6.07 Å². The van der Waals surface area contributed by atoms with Gasteiger partial charge in [-0.25, -0.2) is 0 Å². The minimum atomic E-state index is -0.161. The molecule has 1 aliphatic heterocycles. The molecule has 0 saturated carbocycles. The van der Waals surface area contributed by atoms with E-state index in [1.54, 1.807) is 12.3 Å². The molecule has 20 heavy (non-hydrogen) atoms. The maximum atomic E-state index is 9.24. The lowest BCUT2D eigenvalue weighted by molar-refractivity contribution is 0.00364. The fourth-order valence-corrected chi connectivity index (χ4v) is 2.57. The molecule has 0 aliphatic carbocycles. The molecule has 1 aromatic heterocycles. The van der Waals surface area contributed by atoms with Crippen molar-refractivity contribution < 1.29 is 9.84 Å². The third-order valence-electron chi connectivity index (χ3n) is 3.55. The number of nitriles is 1. The largest absolute Gasteiger partial charge is 0.394 e. The van der Waals surface area contributed by atoms with Gasteiger partial charge in [0.25, 0.3) is 0 Å². The van der Waals surface area contributed by atoms with E-state index in [-0.39, 0.29) is 12.7 Å². The Morgan fingerprint density at radius 2 is 2.35 bits per heavy atom. The van der Waals surface area contributed by atoms with Crippen LogP contribution < -0.4 is 4.90 Å². The molecular formula is C15H15N3O2. The summed E-state index contributed by atoms with van der Waals surface area (Å²) >= 11 is 0. The topological polar surface area (TPSA) is 69.4 Å². The van der Waals surface area contributed by atoms with Gasteiger partial charge in [0.15, 0.2) is 0 Å². The zero-order chi connectivity index (χ0) is 13.9. The molecule has 0 radical (unpaired) electrons. The highest BCUT2D eigenvalue weighted by atomic mass is 16.5. The summed E-state index contributed by atoms with van der Waals surface area (Å²) in [5.74, 6) is 0. The average Bonchev–Trinajstić information content (AvgIpc) is 2.54. The smallest absolute Gasteiger partial charge is 0.101 e. The summed E-state index contributed by atoms with van der Waals surface area (Å²) < 4.78 is 5.48. The van der Waals surface area contributed by atoms with Crippen molar-refractivity contribution in [1.29, 1.82) is 5.26 Å². The van der Waals surface area contributed by atoms with Crippen molar-refractivity contribution in [2.45, 2.75) is 6.10 Å². The number of hydrogen-bond donors (Lipinski definition) is 1. The molecule has 1 aliphatic rings. The molecule has 102 valence electrons. The van der Waals surface area contributed by atoms with Crippen LogP contribution in [0, 0.1) is 11.3 Å². The van der Waals surface area contributed by atoms with E-state index in [2.05, 4.69) is 16.0 Å². The Balaban J connectivity index is 2.06. The number of rotatable bonds is 2. The van der Waals surface area contributed by atoms with E-state index in [0.29, 0.717) is 18.7 Å². The SMILES string of the molecule is N#Cc1ccc(N2CCO[C@@H](CO)C2)c2cccnc12. The Labute approximate surface area is 117 Å². The lowest BCUT2D eigenvalue weighted by atomic mass is 10.1. The molecular weight excluding hydrogens is 254 g/mol. The van der Waals surface area contributed by atoms with E-state index in [1.165, 1.54) is 0 Å². The number of aliphatic hydroxyl groups excluding tert-OH is 1. The first kappa shape index (κ1) is 12.9. The van der Waals surface area contributed by atoms with E-state index in [4.69, 9.17) is 10.00 Å². The summed E-state index contributed by atoms with van der Waals surface area (Å²) in [6, 6.07) is 9.77. The van der Waals surface area contributed by atoms with E-state index in [9.17, 15) is 5.11 Å². The standard InChI is InChI=1S/C15H15N3O2/c16-8-11-3-4-14(13-2-1-5-17-15(11)13)18-6-7-20-12(9-18)10-19/h1-5,12,19H,6-7,9-10H2/t12-/m1/s1. The van der Waals surface area contributed by atoms with Crippen LogP contribution in [0.5, 0.6) is 0 Å². The third-order valence-corrected chi connectivity index (χ3v) is 3.55. The van der Waals surface area contributed by atoms with Crippen molar-refractivity contribution in [2.24, 2.45) is 0 Å². The highest BCUT2D eigenvalue weighted by Crippen LogP contribution is 2.29. The van der Waals surface area contributed by atoms with E-state index in [0.717, 1.165) is 23.1 Å². The summed E-state index contributed by atoms with van der Waals surface area (Å²) in [6.45, 7) is 2.02. The lowest BCUT2D eigenvalue weighted by Crippen LogP contribution is -2.44. The maximum absolute atomic E-state index is 9.24. The van der Waals surface area contributed by atoms with Gasteiger partial charge >= 0.3 is 0 Å². The number of fused-ring (bicyclic) bond motifs is 1. The molecule has 0 amide bonds. The summed E-state index contributed by atoms with van der Waals surface area (Å²) in [6.07, 6.45) is 1.54. The van der Waals surface area contributed by atoms with Crippen molar-refractivity contribution in [2.75, 3.05) is 31.2 Å². The van der Waals surface area contributed by atoms with Gasteiger partial charge in [-0.2, -0.15) is 5.26 Å². The second-order valence-corrected chi connectivity index (χ2v) is 4.77. The highest BCUT2D eigenvalue weighted by Gasteiger charge is 2.21. The fraction of sp³-hybridized carbons (Fsp3) is 0.333. The third kappa shape index (κ3) is 2.20. The molecule has 1 atom stereocenters. The number of nitrogens with zero attached hydrogens (tertiary/aromatic N) is 3. The minimum absolute atomic E-state index is 0.0168. The van der Waals surface area contributed by atoms with E-state index < -0.39 is 0 Å². The van der Waals surface area contributed by atoms with Crippen LogP contribution in [-0.2, 0) is 4.74 Å². The van der Waals surface area contributed by atoms with Gasteiger partial charge in [-0.3, -0.25) is 4.98 Å². The van der Waals surface area contributed by atoms with Crippen LogP contribution in [0.4, 0.5) is 5.69 Å². The van der Waals surface area contributed by atoms with Crippen LogP contribution in [0.3, 0.4) is 0 Å². The Hall–Kier alpha value is -2.16. The number of aliphatic hydroxyl groups is 1. The van der Waals surface area contributed by atoms with E-state index >= 15 is 0 Å². The molecule has 0 bridgehead atoms. The number of pyridine rings is 1. The fourth-order valence-electron chi connectivity index (χ4n) is 2.57. The molecule has 3 rings (SSSR count). The normalized spacial score (nSPS) is 19.0. The summed E-state index contributed by atoms with van der Waals surface area (Å²) in [4.78, 5) is 6.49. The number of hydrogen-bond acceptors (Lipinski definition) is 5. The van der Waals surface area contributed by atoms with E-state index in [1.807, 2.05) is 18.2 Å². The second-order valence-electron chi connectivity index (χ2n) is 4.77. The Bertz CT molecular complexity index is 666. The van der Waals surface area contributed by atoms with Crippen LogP contribution in [0.1, 0.15) is 5.56 Å². The molecule has 1 saturated heterocycles. The van der Waals surface area contributed by atoms with Gasteiger partial charge < -0.3 is 14.7 Å². The number of anilines is 1. The quantitative estimate of drug-likeness (QED) is 0.890. The number of ether oxygens (including phenoxy) is 1. The summed E-state index contributed by atoms with van der Waals surface area (Å²) in [5.41, 5.74) is 2.34. The molecule has 0 spiro atoms. The summed E-state index contributed by atoms with van der Waals surface area (Å²) in [5, 5.41) is 19.4. The predicted molar refractivity (Wildman–Crippen MR) is 75.5 cm³/mol. The van der Waals surface area contributed by atoms with Gasteiger partial charge in [-0.05, 0) is 24.3 Å². The molecule has 1 N–H and O–H groups in total. The Kier molecular flexibility index (Phi) is 3.50. The van der Waals surface area contributed by atoms with Crippen molar-refractivity contribution in [3.63, 3.8) is 0 Å². The van der Waals surface area contributed by atoms with Crippen LogP contribution in [0.25, 0.3) is 10.9 Å². The van der Waals surface area contributed by atoms with Crippen LogP contribution in [-0.4, -0.2) is 42.5 Å². The van der Waals surface area contributed by atoms with Gasteiger partial charge in [-0.1, -0.05) is 0 Å². The van der Waals surface area contributed by atoms with Gasteiger partial charge in [0, 0.05) is 30.4 Å². The van der Waals surface area contributed by atoms with Crippen molar-refractivity contribution in [1.82, 2.24) is 4.98 Å². The van der Waals surface area contributed by atoms with Crippen LogP contribution in [0.15, 0.2) is 30.5 Å². The first-order valence-electron chi connectivity index (χ1n) is 6.58. The Morgan fingerprint density at radius 1 is 1.45 bits per heavy atom. The van der Waals surface area contributed by atoms with Crippen LogP contribution >= 0.6 is 0 Å². The highest BCUT2D eigenvalue weighted by molar-refractivity contribution is 5.95. The number of benzene rings is 1. The zero-order valence-electron chi connectivity index (χ0n) is 11.0. The van der Waals surface area contributed by atoms with Gasteiger partial charge in [0.05, 0.1) is 30.4 Å². The predicted octanol–water partition coefficient (Wildman–Crippen LogP) is 1.30. The zero-order valence-corrected chi connectivity index (χ0v) is 11.0. The first-order valence-corrected chi connectivity index (χ1v) is 6.58. The van der Waals surface area contributed by atoms with Gasteiger partial charge in [0.1, 0.15) is 6.07 Å². The van der Waals surface area contributed by atoms with Crippen molar-refractivity contribution >= 4 is 16.6 Å². The lowest BCUT2D eigenvalue weighted by Gasteiger charge is -2.34. The molecule has 2 heterocycles. The monoisotopic (exact) mass is 269 g/mol. The molecule has 1 fully saturated rings. The van der Waals surface area contributed by atoms with Crippen LogP contribution in [0.2, 0.25) is 0 Å². The second kappa shape index (κ2) is 5.45.